The Labute approximate surface area is 86.2 Å². The van der Waals surface area contributed by atoms with Gasteiger partial charge < -0.3 is 10.2 Å². The van der Waals surface area contributed by atoms with E-state index in [9.17, 15) is 4.79 Å². The van der Waals surface area contributed by atoms with Crippen LogP contribution in [0.4, 0.5) is 0 Å². The number of amides is 1. The lowest BCUT2D eigenvalue weighted by molar-refractivity contribution is -0.129. The van der Waals surface area contributed by atoms with E-state index in [2.05, 4.69) is 10.2 Å². The van der Waals surface area contributed by atoms with Gasteiger partial charge in [0.2, 0.25) is 5.91 Å². The van der Waals surface area contributed by atoms with Gasteiger partial charge in [-0.2, -0.15) is 0 Å². The highest BCUT2D eigenvalue weighted by atomic mass is 16.2. The van der Waals surface area contributed by atoms with Crippen molar-refractivity contribution in [2.45, 2.75) is 18.9 Å². The van der Waals surface area contributed by atoms with Crippen molar-refractivity contribution in [3.05, 3.63) is 0 Å². The van der Waals surface area contributed by atoms with E-state index in [-0.39, 0.29) is 5.91 Å². The number of hydrogen-bond acceptors (Lipinski definition) is 3. The molecule has 0 saturated carbocycles. The van der Waals surface area contributed by atoms with Crippen molar-refractivity contribution in [1.29, 1.82) is 0 Å². The summed E-state index contributed by atoms with van der Waals surface area (Å²) in [6.45, 7) is 2.62. The minimum Gasteiger partial charge on any atom is -0.348 e. The lowest BCUT2D eigenvalue weighted by Crippen LogP contribution is -2.40. The molecule has 1 fully saturated rings. The van der Waals surface area contributed by atoms with E-state index in [1.54, 1.807) is 19.0 Å². The van der Waals surface area contributed by atoms with Crippen molar-refractivity contribution < 1.29 is 4.79 Å². The molecule has 0 spiro atoms. The van der Waals surface area contributed by atoms with Crippen LogP contribution in [0.1, 0.15) is 12.8 Å². The van der Waals surface area contributed by atoms with Crippen molar-refractivity contribution in [2.24, 2.45) is 0 Å². The molecule has 0 aliphatic carbocycles. The zero-order chi connectivity index (χ0) is 10.6. The smallest absolute Gasteiger partial charge is 0.236 e. The molecule has 0 radical (unpaired) electrons. The van der Waals surface area contributed by atoms with Crippen LogP contribution in [0.15, 0.2) is 0 Å². The molecule has 4 heteroatoms. The third kappa shape index (κ3) is 3.64. The summed E-state index contributed by atoms with van der Waals surface area (Å²) < 4.78 is 0. The van der Waals surface area contributed by atoms with Crippen molar-refractivity contribution in [3.63, 3.8) is 0 Å². The van der Waals surface area contributed by atoms with Crippen LogP contribution in [0.25, 0.3) is 0 Å². The minimum absolute atomic E-state index is 0.172. The summed E-state index contributed by atoms with van der Waals surface area (Å²) in [7, 11) is 5.59. The van der Waals surface area contributed by atoms with Gasteiger partial charge in [0, 0.05) is 26.7 Å². The van der Waals surface area contributed by atoms with Gasteiger partial charge >= 0.3 is 0 Å². The van der Waals surface area contributed by atoms with Gasteiger partial charge in [-0.05, 0) is 26.4 Å². The molecule has 1 aliphatic heterocycles. The van der Waals surface area contributed by atoms with Crippen LogP contribution in [-0.4, -0.2) is 62.5 Å². The van der Waals surface area contributed by atoms with Crippen LogP contribution in [0.5, 0.6) is 0 Å². The van der Waals surface area contributed by atoms with Crippen LogP contribution >= 0.6 is 0 Å². The van der Waals surface area contributed by atoms with Gasteiger partial charge in [0.05, 0.1) is 6.54 Å². The molecule has 0 bridgehead atoms. The molecular weight excluding hydrogens is 178 g/mol. The molecule has 1 aliphatic rings. The normalized spacial score (nSPS) is 21.6. The number of likely N-dealkylation sites (N-methyl/N-ethyl adjacent to an activating group) is 2. The van der Waals surface area contributed by atoms with Gasteiger partial charge in [0.25, 0.3) is 0 Å². The van der Waals surface area contributed by atoms with Crippen LogP contribution < -0.4 is 5.32 Å². The number of nitrogens with one attached hydrogen (secondary N) is 1. The van der Waals surface area contributed by atoms with Crippen molar-refractivity contribution in [3.8, 4) is 0 Å². The Morgan fingerprint density at radius 2 is 2.14 bits per heavy atom. The van der Waals surface area contributed by atoms with E-state index >= 15 is 0 Å². The first-order valence-corrected chi connectivity index (χ1v) is 5.21. The van der Waals surface area contributed by atoms with Gasteiger partial charge in [0.1, 0.15) is 0 Å². The summed E-state index contributed by atoms with van der Waals surface area (Å²) in [5.41, 5.74) is 0. The highest BCUT2D eigenvalue weighted by Gasteiger charge is 2.17. The second kappa shape index (κ2) is 5.32. The molecule has 0 unspecified atom stereocenters. The Hall–Kier alpha value is -0.610. The predicted octanol–water partition coefficient (Wildman–Crippen LogP) is -0.242. The standard InChI is InChI=1S/C10H21N3O/c1-12(2)10(14)8-13(3)7-9-5-4-6-11-9/h9,11H,4-8H2,1-3H3/t9-/m1/s1. The lowest BCUT2D eigenvalue weighted by Gasteiger charge is -2.22. The lowest BCUT2D eigenvalue weighted by atomic mass is 10.2. The summed E-state index contributed by atoms with van der Waals surface area (Å²) in [6, 6.07) is 0.579. The topological polar surface area (TPSA) is 35.6 Å². The second-order valence-electron chi connectivity index (χ2n) is 4.28. The van der Waals surface area contributed by atoms with Crippen LogP contribution in [0.3, 0.4) is 0 Å². The first-order chi connectivity index (χ1) is 6.59. The number of carbonyl (C=O) groups excluding carboxylic acids is 1. The predicted molar refractivity (Wildman–Crippen MR) is 57.2 cm³/mol. The summed E-state index contributed by atoms with van der Waals surface area (Å²) >= 11 is 0. The van der Waals surface area contributed by atoms with E-state index in [0.29, 0.717) is 12.6 Å². The molecule has 0 aromatic rings. The first-order valence-electron chi connectivity index (χ1n) is 5.21. The molecule has 0 aromatic carbocycles. The molecule has 1 atom stereocenters. The summed E-state index contributed by atoms with van der Waals surface area (Å²) in [6.07, 6.45) is 2.50. The molecular formula is C10H21N3O. The van der Waals surface area contributed by atoms with E-state index in [1.165, 1.54) is 12.8 Å². The Morgan fingerprint density at radius 3 is 2.64 bits per heavy atom. The van der Waals surface area contributed by atoms with Gasteiger partial charge in [-0.25, -0.2) is 0 Å². The largest absolute Gasteiger partial charge is 0.348 e. The second-order valence-corrected chi connectivity index (χ2v) is 4.28. The molecule has 4 nitrogen and oxygen atoms in total. The molecule has 1 N–H and O–H groups in total. The third-order valence-corrected chi connectivity index (χ3v) is 2.60. The molecule has 1 rings (SSSR count). The Kier molecular flexibility index (Phi) is 4.35. The molecule has 1 saturated heterocycles. The van der Waals surface area contributed by atoms with E-state index < -0.39 is 0 Å². The van der Waals surface area contributed by atoms with Gasteiger partial charge in [-0.15, -0.1) is 0 Å². The van der Waals surface area contributed by atoms with E-state index in [4.69, 9.17) is 0 Å². The van der Waals surface area contributed by atoms with Crippen molar-refractivity contribution in [2.75, 3.05) is 40.8 Å². The zero-order valence-corrected chi connectivity index (χ0v) is 9.42. The fourth-order valence-electron chi connectivity index (χ4n) is 1.73. The average Bonchev–Trinajstić information content (AvgIpc) is 2.56. The highest BCUT2D eigenvalue weighted by Crippen LogP contribution is 2.05. The van der Waals surface area contributed by atoms with Gasteiger partial charge in [0.15, 0.2) is 0 Å². The highest BCUT2D eigenvalue weighted by molar-refractivity contribution is 5.77. The van der Waals surface area contributed by atoms with Crippen molar-refractivity contribution >= 4 is 5.91 Å². The molecule has 1 amide bonds. The fraction of sp³-hybridized carbons (Fsp3) is 0.900. The fourth-order valence-corrected chi connectivity index (χ4v) is 1.73. The Balaban J connectivity index is 2.20. The molecule has 82 valence electrons. The number of hydrogen-bond donors (Lipinski definition) is 1. The summed E-state index contributed by atoms with van der Waals surface area (Å²) in [4.78, 5) is 15.1. The first kappa shape index (κ1) is 11.5. The zero-order valence-electron chi connectivity index (χ0n) is 9.42. The van der Waals surface area contributed by atoms with Crippen molar-refractivity contribution in [1.82, 2.24) is 15.1 Å². The van der Waals surface area contributed by atoms with Crippen LogP contribution in [0, 0.1) is 0 Å². The maximum atomic E-state index is 11.4. The third-order valence-electron chi connectivity index (χ3n) is 2.60. The SMILES string of the molecule is CN(CC(=O)N(C)C)C[C@H]1CCCN1. The Bertz CT molecular complexity index is 188. The van der Waals surface area contributed by atoms with Gasteiger partial charge in [-0.3, -0.25) is 9.69 Å². The van der Waals surface area contributed by atoms with Crippen LogP contribution in [0.2, 0.25) is 0 Å². The van der Waals surface area contributed by atoms with E-state index in [0.717, 1.165) is 13.1 Å². The quantitative estimate of drug-likeness (QED) is 0.678. The molecule has 0 aromatic heterocycles. The monoisotopic (exact) mass is 199 g/mol. The average molecular weight is 199 g/mol. The van der Waals surface area contributed by atoms with Crippen LogP contribution in [-0.2, 0) is 4.79 Å². The number of nitrogens with zero attached hydrogens (tertiary/aromatic N) is 2. The summed E-state index contributed by atoms with van der Waals surface area (Å²) in [5, 5.41) is 3.42. The summed E-state index contributed by atoms with van der Waals surface area (Å²) in [5.74, 6) is 0.172. The van der Waals surface area contributed by atoms with Gasteiger partial charge in [-0.1, -0.05) is 0 Å². The van der Waals surface area contributed by atoms with E-state index in [1.807, 2.05) is 7.05 Å². The maximum Gasteiger partial charge on any atom is 0.236 e. The molecule has 14 heavy (non-hydrogen) atoms. The minimum atomic E-state index is 0.172. The molecule has 1 heterocycles. The number of carbonyl (C=O) groups is 1. The Morgan fingerprint density at radius 1 is 1.43 bits per heavy atom. The maximum absolute atomic E-state index is 11.4. The number of rotatable bonds is 4.